The highest BCUT2D eigenvalue weighted by Gasteiger charge is 2.25. The Labute approximate surface area is 221 Å². The van der Waals surface area contributed by atoms with Crippen molar-refractivity contribution in [2.75, 3.05) is 25.1 Å². The number of anilines is 1. The van der Waals surface area contributed by atoms with Gasteiger partial charge in [-0.1, -0.05) is 43.7 Å². The lowest BCUT2D eigenvalue weighted by Crippen LogP contribution is -2.32. The van der Waals surface area contributed by atoms with Crippen LogP contribution in [0, 0.1) is 0 Å². The zero-order valence-corrected chi connectivity index (χ0v) is 22.8. The van der Waals surface area contributed by atoms with Gasteiger partial charge in [-0.3, -0.25) is 14.7 Å². The molecule has 37 heavy (non-hydrogen) atoms. The molecule has 194 valence electrons. The van der Waals surface area contributed by atoms with Gasteiger partial charge in [0, 0.05) is 31.0 Å². The van der Waals surface area contributed by atoms with E-state index in [1.165, 1.54) is 27.8 Å². The van der Waals surface area contributed by atoms with Gasteiger partial charge in [0.1, 0.15) is 11.3 Å². The van der Waals surface area contributed by atoms with Crippen LogP contribution in [-0.2, 0) is 16.6 Å². The van der Waals surface area contributed by atoms with E-state index in [0.29, 0.717) is 35.1 Å². The van der Waals surface area contributed by atoms with Gasteiger partial charge in [0.2, 0.25) is 10.0 Å². The highest BCUT2D eigenvalue weighted by molar-refractivity contribution is 7.89. The van der Waals surface area contributed by atoms with E-state index in [1.54, 1.807) is 36.5 Å². The number of hydrogen-bond donors (Lipinski definition) is 0. The Morgan fingerprint density at radius 3 is 2.49 bits per heavy atom. The molecule has 2 aromatic carbocycles. The van der Waals surface area contributed by atoms with Crippen molar-refractivity contribution >= 4 is 42.6 Å². The van der Waals surface area contributed by atoms with Gasteiger partial charge in [-0.05, 0) is 54.4 Å². The number of thiazole rings is 1. The molecule has 0 fully saturated rings. The molecule has 8 nitrogen and oxygen atoms in total. The Hall–Kier alpha value is -3.34. The summed E-state index contributed by atoms with van der Waals surface area (Å²) in [6, 6.07) is 15.5. The van der Waals surface area contributed by atoms with E-state index >= 15 is 0 Å². The predicted octanol–water partition coefficient (Wildman–Crippen LogP) is 5.36. The molecule has 0 aliphatic carbocycles. The van der Waals surface area contributed by atoms with Crippen LogP contribution in [0.2, 0.25) is 0 Å². The number of carbonyl (C=O) groups excluding carboxylic acids is 1. The second-order valence-electron chi connectivity index (χ2n) is 8.43. The number of benzene rings is 2. The van der Waals surface area contributed by atoms with Crippen LogP contribution in [0.5, 0.6) is 5.75 Å². The minimum Gasteiger partial charge on any atom is -0.494 e. The first-order valence-corrected chi connectivity index (χ1v) is 14.4. The summed E-state index contributed by atoms with van der Waals surface area (Å²) in [5, 5.41) is 0.516. The van der Waals surface area contributed by atoms with E-state index in [1.807, 2.05) is 44.2 Å². The number of hydrogen-bond acceptors (Lipinski definition) is 7. The van der Waals surface area contributed by atoms with Crippen molar-refractivity contribution in [3.05, 3.63) is 78.1 Å². The number of methoxy groups -OCH3 is 1. The highest BCUT2D eigenvalue weighted by atomic mass is 32.2. The summed E-state index contributed by atoms with van der Waals surface area (Å²) in [6.45, 7) is 4.97. The van der Waals surface area contributed by atoms with Gasteiger partial charge in [0.25, 0.3) is 5.91 Å². The fourth-order valence-electron chi connectivity index (χ4n) is 3.95. The van der Waals surface area contributed by atoms with Crippen LogP contribution in [0.15, 0.2) is 71.9 Å². The van der Waals surface area contributed by atoms with Crippen LogP contribution in [0.4, 0.5) is 5.13 Å². The number of pyridine rings is 1. The third-order valence-corrected chi connectivity index (χ3v) is 9.02. The fourth-order valence-corrected chi connectivity index (χ4v) is 6.42. The Balaban J connectivity index is 1.68. The van der Waals surface area contributed by atoms with Crippen LogP contribution in [0.3, 0.4) is 0 Å². The average molecular weight is 539 g/mol. The average Bonchev–Trinajstić information content (AvgIpc) is 3.36. The largest absolute Gasteiger partial charge is 0.494 e. The van der Waals surface area contributed by atoms with Crippen LogP contribution >= 0.6 is 11.3 Å². The summed E-state index contributed by atoms with van der Waals surface area (Å²) < 4.78 is 34.0. The minimum atomic E-state index is -3.64. The van der Waals surface area contributed by atoms with Crippen LogP contribution in [0.1, 0.15) is 42.6 Å². The van der Waals surface area contributed by atoms with Crippen molar-refractivity contribution in [3.63, 3.8) is 0 Å². The Bertz CT molecular complexity index is 1460. The smallest absolute Gasteiger partial charge is 0.260 e. The zero-order chi connectivity index (χ0) is 26.4. The number of carbonyl (C=O) groups is 1. The summed E-state index contributed by atoms with van der Waals surface area (Å²) in [6.07, 6.45) is 5.08. The first-order chi connectivity index (χ1) is 17.9. The maximum Gasteiger partial charge on any atom is 0.260 e. The predicted molar refractivity (Wildman–Crippen MR) is 147 cm³/mol. The maximum atomic E-state index is 13.8. The number of rotatable bonds is 11. The van der Waals surface area contributed by atoms with E-state index in [0.717, 1.165) is 23.1 Å². The summed E-state index contributed by atoms with van der Waals surface area (Å²) in [5.41, 5.74) is 1.89. The number of nitrogens with zero attached hydrogens (tertiary/aromatic N) is 4. The lowest BCUT2D eigenvalue weighted by molar-refractivity contribution is 0.0985. The lowest BCUT2D eigenvalue weighted by Gasteiger charge is -2.21. The summed E-state index contributed by atoms with van der Waals surface area (Å²) >= 11 is 1.39. The van der Waals surface area contributed by atoms with Gasteiger partial charge in [-0.25, -0.2) is 13.4 Å². The van der Waals surface area contributed by atoms with Gasteiger partial charge >= 0.3 is 0 Å². The number of para-hydroxylation sites is 1. The SMILES string of the molecule is CCCCN(CC)S(=O)(=O)c1ccc(C(=O)N(Cc2cccnc2)c2nc3c(OC)cccc3s2)cc1. The molecular weight excluding hydrogens is 508 g/mol. The monoisotopic (exact) mass is 538 g/mol. The van der Waals surface area contributed by atoms with Crippen LogP contribution in [0.25, 0.3) is 10.2 Å². The third kappa shape index (κ3) is 5.82. The van der Waals surface area contributed by atoms with Gasteiger partial charge in [0.15, 0.2) is 5.13 Å². The van der Waals surface area contributed by atoms with Gasteiger partial charge in [0.05, 0.1) is 23.2 Å². The fraction of sp³-hybridized carbons (Fsp3) is 0.296. The molecule has 0 radical (unpaired) electrons. The van der Waals surface area contributed by atoms with Crippen molar-refractivity contribution in [1.82, 2.24) is 14.3 Å². The standard InChI is InChI=1S/C27H30N4O4S2/c1-4-6-17-30(5-2)37(33,34)22-14-12-21(13-15-22)26(32)31(19-20-9-8-16-28-18-20)27-29-25-23(35-3)10-7-11-24(25)36-27/h7-16,18H,4-6,17,19H2,1-3H3. The first kappa shape index (κ1) is 26.7. The van der Waals surface area contributed by atoms with E-state index < -0.39 is 10.0 Å². The van der Waals surface area contributed by atoms with Crippen molar-refractivity contribution in [2.24, 2.45) is 0 Å². The molecule has 2 heterocycles. The third-order valence-electron chi connectivity index (χ3n) is 5.98. The van der Waals surface area contributed by atoms with E-state index in [9.17, 15) is 13.2 Å². The lowest BCUT2D eigenvalue weighted by atomic mass is 10.2. The normalized spacial score (nSPS) is 11.7. The first-order valence-electron chi connectivity index (χ1n) is 12.1. The summed E-state index contributed by atoms with van der Waals surface area (Å²) in [7, 11) is -2.05. The molecule has 0 unspecified atom stereocenters. The molecule has 10 heteroatoms. The molecule has 0 atom stereocenters. The topological polar surface area (TPSA) is 92.7 Å². The minimum absolute atomic E-state index is 0.172. The van der Waals surface area contributed by atoms with E-state index in [4.69, 9.17) is 9.72 Å². The Kier molecular flexibility index (Phi) is 8.52. The number of aromatic nitrogens is 2. The molecule has 0 saturated carbocycles. The van der Waals surface area contributed by atoms with E-state index in [2.05, 4.69) is 4.98 Å². The van der Waals surface area contributed by atoms with Gasteiger partial charge in [-0.15, -0.1) is 0 Å². The van der Waals surface area contributed by atoms with Crippen molar-refractivity contribution in [3.8, 4) is 5.75 Å². The second-order valence-corrected chi connectivity index (χ2v) is 11.4. The molecule has 0 saturated heterocycles. The molecule has 0 aliphatic rings. The van der Waals surface area contributed by atoms with Crippen molar-refractivity contribution in [2.45, 2.75) is 38.1 Å². The molecule has 4 aromatic rings. The molecule has 0 N–H and O–H groups in total. The number of fused-ring (bicyclic) bond motifs is 1. The second kappa shape index (κ2) is 11.8. The Morgan fingerprint density at radius 2 is 1.84 bits per heavy atom. The van der Waals surface area contributed by atoms with Crippen LogP contribution < -0.4 is 9.64 Å². The van der Waals surface area contributed by atoms with Crippen molar-refractivity contribution in [1.29, 1.82) is 0 Å². The highest BCUT2D eigenvalue weighted by Crippen LogP contribution is 2.35. The molecule has 0 aliphatic heterocycles. The summed E-state index contributed by atoms with van der Waals surface area (Å²) in [5.74, 6) is 0.344. The molecule has 0 bridgehead atoms. The number of sulfonamides is 1. The number of amides is 1. The maximum absolute atomic E-state index is 13.8. The number of unbranched alkanes of at least 4 members (excludes halogenated alkanes) is 1. The molecule has 0 spiro atoms. The van der Waals surface area contributed by atoms with Crippen LogP contribution in [-0.4, -0.2) is 48.8 Å². The van der Waals surface area contributed by atoms with Crippen molar-refractivity contribution < 1.29 is 17.9 Å². The molecular formula is C27H30N4O4S2. The summed E-state index contributed by atoms with van der Waals surface area (Å²) in [4.78, 5) is 24.4. The van der Waals surface area contributed by atoms with E-state index in [-0.39, 0.29) is 17.3 Å². The van der Waals surface area contributed by atoms with Gasteiger partial charge in [-0.2, -0.15) is 4.31 Å². The zero-order valence-electron chi connectivity index (χ0n) is 21.1. The molecule has 4 rings (SSSR count). The molecule has 2 aromatic heterocycles. The Morgan fingerprint density at radius 1 is 1.05 bits per heavy atom. The number of ether oxygens (including phenoxy) is 1. The molecule has 1 amide bonds. The quantitative estimate of drug-likeness (QED) is 0.255. The van der Waals surface area contributed by atoms with Gasteiger partial charge < -0.3 is 4.74 Å².